The molecular weight excluding hydrogens is 212 g/mol. The highest BCUT2D eigenvalue weighted by Crippen LogP contribution is 2.05. The first-order valence-corrected chi connectivity index (χ1v) is 6.11. The fourth-order valence-electron chi connectivity index (χ4n) is 1.59. The predicted molar refractivity (Wildman–Crippen MR) is 70.7 cm³/mol. The van der Waals surface area contributed by atoms with Gasteiger partial charge in [0.1, 0.15) is 0 Å². The molecule has 1 aromatic rings. The Balaban J connectivity index is 2.15. The highest BCUT2D eigenvalue weighted by Gasteiger charge is 2.22. The van der Waals surface area contributed by atoms with Gasteiger partial charge in [0.2, 0.25) is 5.91 Å². The summed E-state index contributed by atoms with van der Waals surface area (Å²) in [7, 11) is 0. The van der Waals surface area contributed by atoms with Crippen LogP contribution in [0.2, 0.25) is 0 Å². The molecule has 0 aliphatic heterocycles. The summed E-state index contributed by atoms with van der Waals surface area (Å²) in [6.45, 7) is 4.45. The van der Waals surface area contributed by atoms with Crippen LogP contribution in [0.1, 0.15) is 32.3 Å². The minimum atomic E-state index is -0.604. The van der Waals surface area contributed by atoms with Crippen molar-refractivity contribution in [3.63, 3.8) is 0 Å². The lowest BCUT2D eigenvalue weighted by molar-refractivity contribution is -0.123. The van der Waals surface area contributed by atoms with Crippen LogP contribution in [0.3, 0.4) is 0 Å². The fourth-order valence-corrected chi connectivity index (χ4v) is 1.59. The van der Waals surface area contributed by atoms with Crippen molar-refractivity contribution < 1.29 is 4.79 Å². The third-order valence-corrected chi connectivity index (χ3v) is 2.92. The first-order chi connectivity index (χ1) is 8.02. The second-order valence-corrected chi connectivity index (χ2v) is 4.86. The first kappa shape index (κ1) is 13.7. The Morgan fingerprint density at radius 1 is 1.24 bits per heavy atom. The molecular formula is C14H22N2O. The van der Waals surface area contributed by atoms with E-state index in [1.807, 2.05) is 19.9 Å². The number of nitrogens with one attached hydrogen (secondary N) is 1. The Bertz CT molecular complexity index is 346. The van der Waals surface area contributed by atoms with Gasteiger partial charge in [-0.3, -0.25) is 4.79 Å². The van der Waals surface area contributed by atoms with Crippen LogP contribution in [-0.2, 0) is 11.2 Å². The van der Waals surface area contributed by atoms with E-state index in [0.717, 1.165) is 25.8 Å². The van der Waals surface area contributed by atoms with E-state index >= 15 is 0 Å². The third-order valence-electron chi connectivity index (χ3n) is 2.92. The minimum absolute atomic E-state index is 0.305. The molecule has 3 nitrogen and oxygen atoms in total. The Labute approximate surface area is 103 Å². The number of benzene rings is 1. The highest BCUT2D eigenvalue weighted by molar-refractivity contribution is 5.83. The van der Waals surface area contributed by atoms with Crippen LogP contribution in [0.25, 0.3) is 0 Å². The summed E-state index contributed by atoms with van der Waals surface area (Å²) in [4.78, 5) is 11.1. The highest BCUT2D eigenvalue weighted by atomic mass is 16.1. The molecule has 0 radical (unpaired) electrons. The Morgan fingerprint density at radius 2 is 1.88 bits per heavy atom. The molecule has 0 heterocycles. The standard InChI is InChI=1S/C14H22N2O/c1-14(2,13(15)17)16-11-7-6-10-12-8-4-3-5-9-12/h3-5,8-9,16H,6-7,10-11H2,1-2H3,(H2,15,17). The van der Waals surface area contributed by atoms with Gasteiger partial charge in [-0.05, 0) is 45.2 Å². The maximum Gasteiger partial charge on any atom is 0.237 e. The molecule has 0 saturated heterocycles. The lowest BCUT2D eigenvalue weighted by Gasteiger charge is -2.22. The number of rotatable bonds is 7. The Hall–Kier alpha value is -1.35. The number of hydrogen-bond acceptors (Lipinski definition) is 2. The zero-order chi connectivity index (χ0) is 12.7. The summed E-state index contributed by atoms with van der Waals surface area (Å²) in [6, 6.07) is 10.4. The molecule has 1 rings (SSSR count). The average molecular weight is 234 g/mol. The van der Waals surface area contributed by atoms with Gasteiger partial charge in [0.15, 0.2) is 0 Å². The molecule has 0 bridgehead atoms. The number of hydrogen-bond donors (Lipinski definition) is 2. The maximum absolute atomic E-state index is 11.1. The lowest BCUT2D eigenvalue weighted by Crippen LogP contribution is -2.50. The van der Waals surface area contributed by atoms with Gasteiger partial charge in [0.25, 0.3) is 0 Å². The van der Waals surface area contributed by atoms with Gasteiger partial charge in [-0.15, -0.1) is 0 Å². The normalized spacial score (nSPS) is 11.4. The summed E-state index contributed by atoms with van der Waals surface area (Å²) in [6.07, 6.45) is 3.25. The van der Waals surface area contributed by atoms with Gasteiger partial charge in [-0.1, -0.05) is 30.3 Å². The second kappa shape index (κ2) is 6.40. The third kappa shape index (κ3) is 5.00. The van der Waals surface area contributed by atoms with Crippen molar-refractivity contribution in [2.24, 2.45) is 5.73 Å². The SMILES string of the molecule is CC(C)(NCCCCc1ccccc1)C(N)=O. The number of primary amides is 1. The van der Waals surface area contributed by atoms with Gasteiger partial charge in [-0.25, -0.2) is 0 Å². The van der Waals surface area contributed by atoms with Gasteiger partial charge in [-0.2, -0.15) is 0 Å². The summed E-state index contributed by atoms with van der Waals surface area (Å²) >= 11 is 0. The van der Waals surface area contributed by atoms with Gasteiger partial charge in [0, 0.05) is 0 Å². The molecule has 1 amide bonds. The molecule has 1 aromatic carbocycles. The molecule has 94 valence electrons. The Morgan fingerprint density at radius 3 is 2.47 bits per heavy atom. The van der Waals surface area contributed by atoms with E-state index in [9.17, 15) is 4.79 Å². The van der Waals surface area contributed by atoms with Crippen LogP contribution < -0.4 is 11.1 Å². The molecule has 0 unspecified atom stereocenters. The Kier molecular flexibility index (Phi) is 5.16. The van der Waals surface area contributed by atoms with Crippen molar-refractivity contribution in [2.45, 2.75) is 38.6 Å². The van der Waals surface area contributed by atoms with Gasteiger partial charge < -0.3 is 11.1 Å². The molecule has 0 saturated carbocycles. The van der Waals surface area contributed by atoms with Crippen molar-refractivity contribution in [1.29, 1.82) is 0 Å². The molecule has 0 spiro atoms. The zero-order valence-corrected chi connectivity index (χ0v) is 10.7. The summed E-state index contributed by atoms with van der Waals surface area (Å²) in [5, 5.41) is 3.17. The number of unbranched alkanes of at least 4 members (excludes halogenated alkanes) is 1. The van der Waals surface area contributed by atoms with Crippen LogP contribution in [0.5, 0.6) is 0 Å². The summed E-state index contributed by atoms with van der Waals surface area (Å²) in [5.74, 6) is -0.305. The number of carbonyl (C=O) groups is 1. The monoisotopic (exact) mass is 234 g/mol. The number of nitrogens with two attached hydrogens (primary N) is 1. The number of carbonyl (C=O) groups excluding carboxylic acids is 1. The van der Waals surface area contributed by atoms with E-state index < -0.39 is 5.54 Å². The quantitative estimate of drug-likeness (QED) is 0.708. The van der Waals surface area contributed by atoms with Crippen LogP contribution in [0.15, 0.2) is 30.3 Å². The molecule has 0 aliphatic rings. The smallest absolute Gasteiger partial charge is 0.237 e. The second-order valence-electron chi connectivity index (χ2n) is 4.86. The van der Waals surface area contributed by atoms with E-state index in [-0.39, 0.29) is 5.91 Å². The van der Waals surface area contributed by atoms with Crippen molar-refractivity contribution in [1.82, 2.24) is 5.32 Å². The topological polar surface area (TPSA) is 55.1 Å². The van der Waals surface area contributed by atoms with E-state index in [0.29, 0.717) is 0 Å². The van der Waals surface area contributed by atoms with Gasteiger partial charge in [0.05, 0.1) is 5.54 Å². The van der Waals surface area contributed by atoms with Crippen LogP contribution in [0.4, 0.5) is 0 Å². The predicted octanol–water partition coefficient (Wildman–Crippen LogP) is 1.86. The summed E-state index contributed by atoms with van der Waals surface area (Å²) in [5.41, 5.74) is 6.03. The van der Waals surface area contributed by atoms with Crippen LogP contribution >= 0.6 is 0 Å². The van der Waals surface area contributed by atoms with E-state index in [1.54, 1.807) is 0 Å². The number of aryl methyl sites for hydroxylation is 1. The molecule has 3 heteroatoms. The van der Waals surface area contributed by atoms with Crippen molar-refractivity contribution in [3.8, 4) is 0 Å². The molecule has 0 fully saturated rings. The van der Waals surface area contributed by atoms with Crippen LogP contribution in [-0.4, -0.2) is 18.0 Å². The fraction of sp³-hybridized carbons (Fsp3) is 0.500. The molecule has 0 aliphatic carbocycles. The molecule has 3 N–H and O–H groups in total. The first-order valence-electron chi connectivity index (χ1n) is 6.11. The van der Waals surface area contributed by atoms with Crippen LogP contribution in [0, 0.1) is 0 Å². The van der Waals surface area contributed by atoms with Crippen molar-refractivity contribution in [2.75, 3.05) is 6.54 Å². The molecule has 0 aromatic heterocycles. The summed E-state index contributed by atoms with van der Waals surface area (Å²) < 4.78 is 0. The zero-order valence-electron chi connectivity index (χ0n) is 10.7. The minimum Gasteiger partial charge on any atom is -0.368 e. The maximum atomic E-state index is 11.1. The molecule has 17 heavy (non-hydrogen) atoms. The lowest BCUT2D eigenvalue weighted by atomic mass is 10.0. The number of amides is 1. The van der Waals surface area contributed by atoms with Crippen molar-refractivity contribution in [3.05, 3.63) is 35.9 Å². The van der Waals surface area contributed by atoms with Gasteiger partial charge >= 0.3 is 0 Å². The largest absolute Gasteiger partial charge is 0.368 e. The van der Waals surface area contributed by atoms with E-state index in [1.165, 1.54) is 5.56 Å². The van der Waals surface area contributed by atoms with Crippen molar-refractivity contribution >= 4 is 5.91 Å². The van der Waals surface area contributed by atoms with E-state index in [2.05, 4.69) is 29.6 Å². The average Bonchev–Trinajstić information content (AvgIpc) is 2.29. The molecule has 0 atom stereocenters. The van der Waals surface area contributed by atoms with E-state index in [4.69, 9.17) is 5.73 Å².